The molecule has 6 nitrogen and oxygen atoms in total. The van der Waals surface area contributed by atoms with Gasteiger partial charge in [0, 0.05) is 23.8 Å². The molecule has 7 heteroatoms. The van der Waals surface area contributed by atoms with E-state index in [0.717, 1.165) is 22.9 Å². The first kappa shape index (κ1) is 20.3. The molecule has 1 saturated heterocycles. The van der Waals surface area contributed by atoms with E-state index >= 15 is 0 Å². The Kier molecular flexibility index (Phi) is 6.67. The molecule has 3 rings (SSSR count). The SMILES string of the molecule is Cc1ccc(OCC(=O)N2CCCC(C(=O)Nc3ccc(Br)cn3)C2)cc1C. The number of nitrogens with one attached hydrogen (secondary N) is 1. The monoisotopic (exact) mass is 445 g/mol. The highest BCUT2D eigenvalue weighted by Gasteiger charge is 2.28. The normalized spacial score (nSPS) is 16.5. The number of rotatable bonds is 5. The fraction of sp³-hybridized carbons (Fsp3) is 0.381. The molecule has 0 saturated carbocycles. The second-order valence-electron chi connectivity index (χ2n) is 7.06. The summed E-state index contributed by atoms with van der Waals surface area (Å²) >= 11 is 3.32. The number of pyridine rings is 1. The lowest BCUT2D eigenvalue weighted by Crippen LogP contribution is -2.45. The molecule has 1 fully saturated rings. The molecule has 0 aliphatic carbocycles. The highest BCUT2D eigenvalue weighted by atomic mass is 79.9. The lowest BCUT2D eigenvalue weighted by Gasteiger charge is -2.32. The maximum Gasteiger partial charge on any atom is 0.260 e. The summed E-state index contributed by atoms with van der Waals surface area (Å²) in [5.74, 6) is 0.739. The molecular formula is C21H24BrN3O3. The van der Waals surface area contributed by atoms with Gasteiger partial charge < -0.3 is 15.0 Å². The van der Waals surface area contributed by atoms with Crippen molar-refractivity contribution in [2.45, 2.75) is 26.7 Å². The smallest absolute Gasteiger partial charge is 0.260 e. The molecule has 2 aromatic rings. The van der Waals surface area contributed by atoms with Crippen LogP contribution in [0.3, 0.4) is 0 Å². The first-order chi connectivity index (χ1) is 13.4. The number of hydrogen-bond acceptors (Lipinski definition) is 4. The molecule has 1 atom stereocenters. The van der Waals surface area contributed by atoms with Gasteiger partial charge in [0.05, 0.1) is 5.92 Å². The Bertz CT molecular complexity index is 854. The molecule has 28 heavy (non-hydrogen) atoms. The zero-order valence-electron chi connectivity index (χ0n) is 16.1. The summed E-state index contributed by atoms with van der Waals surface area (Å²) in [6.07, 6.45) is 3.18. The van der Waals surface area contributed by atoms with E-state index in [4.69, 9.17) is 4.74 Å². The molecule has 2 amide bonds. The van der Waals surface area contributed by atoms with Crippen LogP contribution in [0.4, 0.5) is 5.82 Å². The predicted molar refractivity (Wildman–Crippen MR) is 111 cm³/mol. The van der Waals surface area contributed by atoms with Gasteiger partial charge in [-0.25, -0.2) is 4.98 Å². The number of halogens is 1. The quantitative estimate of drug-likeness (QED) is 0.760. The standard InChI is InChI=1S/C21H24BrN3O3/c1-14-5-7-18(10-15(14)2)28-13-20(26)25-9-3-4-16(12-25)21(27)24-19-8-6-17(22)11-23-19/h5-8,10-11,16H,3-4,9,12-13H2,1-2H3,(H,23,24,27). The van der Waals surface area contributed by atoms with Crippen molar-refractivity contribution < 1.29 is 14.3 Å². The number of aromatic nitrogens is 1. The summed E-state index contributed by atoms with van der Waals surface area (Å²) in [4.78, 5) is 31.0. The van der Waals surface area contributed by atoms with Gasteiger partial charge in [0.25, 0.3) is 5.91 Å². The number of aryl methyl sites for hydroxylation is 2. The number of anilines is 1. The van der Waals surface area contributed by atoms with Gasteiger partial charge in [-0.2, -0.15) is 0 Å². The summed E-state index contributed by atoms with van der Waals surface area (Å²) in [6.45, 7) is 5.07. The number of hydrogen-bond donors (Lipinski definition) is 1. The van der Waals surface area contributed by atoms with Crippen LogP contribution in [0.25, 0.3) is 0 Å². The minimum atomic E-state index is -0.246. The van der Waals surface area contributed by atoms with Crippen LogP contribution in [0.15, 0.2) is 41.0 Å². The van der Waals surface area contributed by atoms with Crippen molar-refractivity contribution in [2.75, 3.05) is 25.0 Å². The molecular weight excluding hydrogens is 422 g/mol. The van der Waals surface area contributed by atoms with Gasteiger partial charge in [-0.3, -0.25) is 9.59 Å². The Hall–Kier alpha value is -2.41. The van der Waals surface area contributed by atoms with Crippen LogP contribution in [0.1, 0.15) is 24.0 Å². The third-order valence-electron chi connectivity index (χ3n) is 4.96. The van der Waals surface area contributed by atoms with Crippen LogP contribution in [-0.2, 0) is 9.59 Å². The lowest BCUT2D eigenvalue weighted by atomic mass is 9.97. The second kappa shape index (κ2) is 9.19. The Morgan fingerprint density at radius 3 is 2.79 bits per heavy atom. The van der Waals surface area contributed by atoms with E-state index in [0.29, 0.717) is 24.7 Å². The zero-order chi connectivity index (χ0) is 20.1. The average molecular weight is 446 g/mol. The van der Waals surface area contributed by atoms with Crippen LogP contribution in [0, 0.1) is 19.8 Å². The molecule has 1 aliphatic rings. The van der Waals surface area contributed by atoms with Gasteiger partial charge in [0.15, 0.2) is 6.61 Å². The first-order valence-electron chi connectivity index (χ1n) is 9.32. The van der Waals surface area contributed by atoms with Gasteiger partial charge in [0.2, 0.25) is 5.91 Å². The van der Waals surface area contributed by atoms with Crippen molar-refractivity contribution in [3.63, 3.8) is 0 Å². The number of piperidine rings is 1. The van der Waals surface area contributed by atoms with Crippen molar-refractivity contribution in [3.8, 4) is 5.75 Å². The van der Waals surface area contributed by atoms with Crippen molar-refractivity contribution in [1.82, 2.24) is 9.88 Å². The Morgan fingerprint density at radius 2 is 2.07 bits per heavy atom. The first-order valence-corrected chi connectivity index (χ1v) is 10.1. The number of likely N-dealkylation sites (tertiary alicyclic amines) is 1. The van der Waals surface area contributed by atoms with E-state index in [9.17, 15) is 9.59 Å². The van der Waals surface area contributed by atoms with Gasteiger partial charge in [-0.05, 0) is 78.0 Å². The molecule has 1 unspecified atom stereocenters. The van der Waals surface area contributed by atoms with Crippen LogP contribution < -0.4 is 10.1 Å². The van der Waals surface area contributed by atoms with Crippen LogP contribution in [0.2, 0.25) is 0 Å². The Morgan fingerprint density at radius 1 is 1.25 bits per heavy atom. The molecule has 0 spiro atoms. The van der Waals surface area contributed by atoms with E-state index in [1.165, 1.54) is 5.56 Å². The summed E-state index contributed by atoms with van der Waals surface area (Å²) in [6, 6.07) is 9.34. The van der Waals surface area contributed by atoms with Crippen molar-refractivity contribution in [1.29, 1.82) is 0 Å². The summed E-state index contributed by atoms with van der Waals surface area (Å²) < 4.78 is 6.50. The Labute approximate surface area is 173 Å². The average Bonchev–Trinajstić information content (AvgIpc) is 2.70. The number of ether oxygens (including phenoxy) is 1. The number of amides is 2. The number of benzene rings is 1. The molecule has 1 aromatic heterocycles. The van der Waals surface area contributed by atoms with Crippen molar-refractivity contribution in [3.05, 3.63) is 52.1 Å². The number of carbonyl (C=O) groups is 2. The molecule has 0 bridgehead atoms. The molecule has 0 radical (unpaired) electrons. The molecule has 1 aliphatic heterocycles. The van der Waals surface area contributed by atoms with Crippen molar-refractivity contribution in [2.24, 2.45) is 5.92 Å². The number of nitrogens with zero attached hydrogens (tertiary/aromatic N) is 2. The maximum absolute atomic E-state index is 12.5. The highest BCUT2D eigenvalue weighted by Crippen LogP contribution is 2.20. The third-order valence-corrected chi connectivity index (χ3v) is 5.43. The van der Waals surface area contributed by atoms with Gasteiger partial charge in [0.1, 0.15) is 11.6 Å². The molecule has 1 aromatic carbocycles. The summed E-state index contributed by atoms with van der Waals surface area (Å²) in [7, 11) is 0. The third kappa shape index (κ3) is 5.32. The number of carbonyl (C=O) groups excluding carboxylic acids is 2. The zero-order valence-corrected chi connectivity index (χ0v) is 17.7. The van der Waals surface area contributed by atoms with E-state index in [1.807, 2.05) is 38.1 Å². The summed E-state index contributed by atoms with van der Waals surface area (Å²) in [5, 5.41) is 2.83. The molecule has 1 N–H and O–H groups in total. The van der Waals surface area contributed by atoms with E-state index in [-0.39, 0.29) is 24.3 Å². The van der Waals surface area contributed by atoms with Crippen molar-refractivity contribution >= 4 is 33.6 Å². The predicted octanol–water partition coefficient (Wildman–Crippen LogP) is 3.72. The van der Waals surface area contributed by atoms with Crippen LogP contribution in [-0.4, -0.2) is 41.4 Å². The van der Waals surface area contributed by atoms with E-state index < -0.39 is 0 Å². The molecule has 148 valence electrons. The maximum atomic E-state index is 12.5. The second-order valence-corrected chi connectivity index (χ2v) is 7.98. The van der Waals surface area contributed by atoms with E-state index in [2.05, 4.69) is 26.2 Å². The van der Waals surface area contributed by atoms with Gasteiger partial charge in [-0.1, -0.05) is 6.07 Å². The van der Waals surface area contributed by atoms with Gasteiger partial charge in [-0.15, -0.1) is 0 Å². The van der Waals surface area contributed by atoms with Crippen LogP contribution >= 0.6 is 15.9 Å². The van der Waals surface area contributed by atoms with Gasteiger partial charge >= 0.3 is 0 Å². The minimum Gasteiger partial charge on any atom is -0.484 e. The fourth-order valence-electron chi connectivity index (χ4n) is 3.14. The van der Waals surface area contributed by atoms with Crippen LogP contribution in [0.5, 0.6) is 5.75 Å². The molecule has 2 heterocycles. The minimum absolute atomic E-state index is 0.0227. The van der Waals surface area contributed by atoms with E-state index in [1.54, 1.807) is 17.2 Å². The lowest BCUT2D eigenvalue weighted by molar-refractivity contribution is -0.136. The highest BCUT2D eigenvalue weighted by molar-refractivity contribution is 9.10. The largest absolute Gasteiger partial charge is 0.484 e. The summed E-state index contributed by atoms with van der Waals surface area (Å²) in [5.41, 5.74) is 2.31. The topological polar surface area (TPSA) is 71.5 Å². The fourth-order valence-corrected chi connectivity index (χ4v) is 3.37. The Balaban J connectivity index is 1.53.